The standard InChI is InChI=1S/C22H23FN4O/c1-25-21(17-4-2-3-5-19(17)23)24-20-7-6-16(14-18(20)22(25)28)27-13-12-26-10-8-15(27)9-11-26/h2-7,14-15H,8-13H2,1H3. The van der Waals surface area contributed by atoms with Crippen molar-refractivity contribution < 1.29 is 4.39 Å². The molecule has 0 aliphatic carbocycles. The molecule has 0 radical (unpaired) electrons. The van der Waals surface area contributed by atoms with Gasteiger partial charge in [-0.3, -0.25) is 9.36 Å². The first-order chi connectivity index (χ1) is 13.6. The Hall–Kier alpha value is -2.73. The van der Waals surface area contributed by atoms with E-state index in [1.807, 2.05) is 18.2 Å². The number of piperidine rings is 1. The fraction of sp³-hybridized carbons (Fsp3) is 0.364. The molecule has 144 valence electrons. The molecule has 3 saturated heterocycles. The van der Waals surface area contributed by atoms with Crippen molar-refractivity contribution in [3.63, 3.8) is 0 Å². The van der Waals surface area contributed by atoms with Crippen molar-refractivity contribution in [3.05, 3.63) is 58.6 Å². The molecule has 3 aliphatic heterocycles. The van der Waals surface area contributed by atoms with E-state index in [2.05, 4.69) is 14.8 Å². The number of halogens is 1. The van der Waals surface area contributed by atoms with E-state index >= 15 is 0 Å². The maximum Gasteiger partial charge on any atom is 0.261 e. The third-order valence-electron chi connectivity index (χ3n) is 6.16. The zero-order chi connectivity index (χ0) is 19.3. The van der Waals surface area contributed by atoms with Crippen LogP contribution in [0.4, 0.5) is 10.1 Å². The third-order valence-corrected chi connectivity index (χ3v) is 6.16. The molecule has 2 bridgehead atoms. The number of nitrogens with zero attached hydrogens (tertiary/aromatic N) is 4. The number of hydrogen-bond donors (Lipinski definition) is 0. The van der Waals surface area contributed by atoms with Gasteiger partial charge in [-0.15, -0.1) is 0 Å². The summed E-state index contributed by atoms with van der Waals surface area (Å²) in [4.78, 5) is 22.6. The molecule has 1 aromatic heterocycles. The van der Waals surface area contributed by atoms with Crippen molar-refractivity contribution >= 4 is 16.6 Å². The van der Waals surface area contributed by atoms with Gasteiger partial charge in [-0.05, 0) is 43.2 Å². The van der Waals surface area contributed by atoms with Crippen LogP contribution in [0.2, 0.25) is 0 Å². The summed E-state index contributed by atoms with van der Waals surface area (Å²) in [5, 5.41) is 0.583. The van der Waals surface area contributed by atoms with Gasteiger partial charge in [0.25, 0.3) is 5.56 Å². The van der Waals surface area contributed by atoms with Crippen LogP contribution < -0.4 is 10.5 Å². The Morgan fingerprint density at radius 2 is 1.82 bits per heavy atom. The highest BCUT2D eigenvalue weighted by molar-refractivity contribution is 5.83. The lowest BCUT2D eigenvalue weighted by molar-refractivity contribution is 0.250. The minimum absolute atomic E-state index is 0.145. The summed E-state index contributed by atoms with van der Waals surface area (Å²) in [5.74, 6) is -0.0270. The lowest BCUT2D eigenvalue weighted by Crippen LogP contribution is -2.38. The van der Waals surface area contributed by atoms with Gasteiger partial charge in [0.1, 0.15) is 11.6 Å². The van der Waals surface area contributed by atoms with E-state index in [1.54, 1.807) is 25.2 Å². The van der Waals surface area contributed by atoms with E-state index in [0.717, 1.165) is 31.9 Å². The van der Waals surface area contributed by atoms with Crippen LogP contribution in [0.5, 0.6) is 0 Å². The van der Waals surface area contributed by atoms with Gasteiger partial charge in [0, 0.05) is 45.0 Å². The average molecular weight is 378 g/mol. The summed E-state index contributed by atoms with van der Waals surface area (Å²) in [7, 11) is 1.66. The molecule has 3 aliphatic rings. The van der Waals surface area contributed by atoms with Gasteiger partial charge in [0.15, 0.2) is 0 Å². The van der Waals surface area contributed by atoms with Gasteiger partial charge in [0.05, 0.1) is 16.5 Å². The van der Waals surface area contributed by atoms with Crippen LogP contribution in [0, 0.1) is 5.82 Å². The largest absolute Gasteiger partial charge is 0.367 e. The number of hydrogen-bond acceptors (Lipinski definition) is 4. The second-order valence-electron chi connectivity index (χ2n) is 7.75. The average Bonchev–Trinajstić information content (AvgIpc) is 3.05. The van der Waals surface area contributed by atoms with E-state index < -0.39 is 0 Å². The van der Waals surface area contributed by atoms with E-state index in [4.69, 9.17) is 0 Å². The SMILES string of the molecule is Cn1c(-c2ccccc2F)nc2ccc(N3CCN4CCC3CC4)cc2c1=O. The second kappa shape index (κ2) is 6.71. The molecule has 3 aromatic rings. The molecule has 0 amide bonds. The predicted molar refractivity (Wildman–Crippen MR) is 109 cm³/mol. The molecular weight excluding hydrogens is 355 g/mol. The van der Waals surface area contributed by atoms with E-state index in [9.17, 15) is 9.18 Å². The van der Waals surface area contributed by atoms with Gasteiger partial charge in [0.2, 0.25) is 0 Å². The molecule has 5 nitrogen and oxygen atoms in total. The fourth-order valence-electron chi connectivity index (χ4n) is 4.55. The van der Waals surface area contributed by atoms with Crippen LogP contribution in [0.15, 0.2) is 47.3 Å². The topological polar surface area (TPSA) is 41.4 Å². The molecule has 6 heteroatoms. The van der Waals surface area contributed by atoms with Crippen LogP contribution >= 0.6 is 0 Å². The van der Waals surface area contributed by atoms with Gasteiger partial charge in [-0.1, -0.05) is 12.1 Å². The summed E-state index contributed by atoms with van der Waals surface area (Å²) in [6.45, 7) is 4.36. The molecule has 0 spiro atoms. The number of fused-ring (bicyclic) bond motifs is 5. The Kier molecular flexibility index (Phi) is 4.16. The lowest BCUT2D eigenvalue weighted by Gasteiger charge is -2.33. The van der Waals surface area contributed by atoms with Crippen molar-refractivity contribution in [2.24, 2.45) is 7.05 Å². The third kappa shape index (κ3) is 2.79. The Labute approximate surface area is 163 Å². The summed E-state index contributed by atoms with van der Waals surface area (Å²) in [6, 6.07) is 12.9. The van der Waals surface area contributed by atoms with Crippen molar-refractivity contribution in [2.75, 3.05) is 31.1 Å². The van der Waals surface area contributed by atoms with Crippen LogP contribution in [0.1, 0.15) is 12.8 Å². The molecule has 4 heterocycles. The first kappa shape index (κ1) is 17.4. The maximum atomic E-state index is 14.3. The zero-order valence-electron chi connectivity index (χ0n) is 15.9. The van der Waals surface area contributed by atoms with Crippen LogP contribution in [-0.2, 0) is 7.05 Å². The number of anilines is 1. The van der Waals surface area contributed by atoms with E-state index in [0.29, 0.717) is 28.3 Å². The van der Waals surface area contributed by atoms with E-state index in [1.165, 1.54) is 23.5 Å². The minimum atomic E-state index is -0.378. The minimum Gasteiger partial charge on any atom is -0.367 e. The molecule has 28 heavy (non-hydrogen) atoms. The Morgan fingerprint density at radius 1 is 1.04 bits per heavy atom. The first-order valence-corrected chi connectivity index (χ1v) is 9.86. The molecule has 3 fully saturated rings. The van der Waals surface area contributed by atoms with Crippen molar-refractivity contribution in [1.29, 1.82) is 0 Å². The molecule has 2 aromatic carbocycles. The fourth-order valence-corrected chi connectivity index (χ4v) is 4.55. The molecule has 0 unspecified atom stereocenters. The Morgan fingerprint density at radius 3 is 2.61 bits per heavy atom. The Bertz CT molecular complexity index is 1100. The first-order valence-electron chi connectivity index (χ1n) is 9.86. The van der Waals surface area contributed by atoms with Crippen molar-refractivity contribution in [3.8, 4) is 11.4 Å². The maximum absolute atomic E-state index is 14.3. The molecule has 0 N–H and O–H groups in total. The Balaban J connectivity index is 1.61. The van der Waals surface area contributed by atoms with Crippen molar-refractivity contribution in [2.45, 2.75) is 18.9 Å². The highest BCUT2D eigenvalue weighted by Gasteiger charge is 2.29. The van der Waals surface area contributed by atoms with Crippen LogP contribution in [0.25, 0.3) is 22.3 Å². The highest BCUT2D eigenvalue weighted by atomic mass is 19.1. The second-order valence-corrected chi connectivity index (χ2v) is 7.75. The van der Waals surface area contributed by atoms with Gasteiger partial charge >= 0.3 is 0 Å². The monoisotopic (exact) mass is 378 g/mol. The molecular formula is C22H23FN4O. The van der Waals surface area contributed by atoms with Gasteiger partial charge in [-0.25, -0.2) is 9.37 Å². The number of aromatic nitrogens is 2. The quantitative estimate of drug-likeness (QED) is 0.687. The highest BCUT2D eigenvalue weighted by Crippen LogP contribution is 2.29. The normalized spacial score (nSPS) is 21.9. The molecule has 6 rings (SSSR count). The summed E-state index contributed by atoms with van der Waals surface area (Å²) >= 11 is 0. The van der Waals surface area contributed by atoms with Crippen LogP contribution in [0.3, 0.4) is 0 Å². The van der Waals surface area contributed by atoms with Gasteiger partial charge < -0.3 is 9.80 Å². The smallest absolute Gasteiger partial charge is 0.261 e. The summed E-state index contributed by atoms with van der Waals surface area (Å²) < 4.78 is 15.7. The summed E-state index contributed by atoms with van der Waals surface area (Å²) in [5.41, 5.74) is 1.88. The predicted octanol–water partition coefficient (Wildman–Crippen LogP) is 3.02. The van der Waals surface area contributed by atoms with E-state index in [-0.39, 0.29) is 11.4 Å². The molecule has 0 saturated carbocycles. The van der Waals surface area contributed by atoms with Crippen LogP contribution in [-0.4, -0.2) is 46.7 Å². The number of benzene rings is 2. The lowest BCUT2D eigenvalue weighted by atomic mass is 10.0. The zero-order valence-corrected chi connectivity index (χ0v) is 15.9. The van der Waals surface area contributed by atoms with Gasteiger partial charge in [-0.2, -0.15) is 0 Å². The number of rotatable bonds is 2. The van der Waals surface area contributed by atoms with Crippen molar-refractivity contribution in [1.82, 2.24) is 14.5 Å². The summed E-state index contributed by atoms with van der Waals surface area (Å²) in [6.07, 6.45) is 2.33. The molecule has 0 atom stereocenters.